The molecule has 0 aliphatic rings. The zero-order chi connectivity index (χ0) is 23.3. The van der Waals surface area contributed by atoms with Crippen LogP contribution >= 0.6 is 12.2 Å². The van der Waals surface area contributed by atoms with Gasteiger partial charge < -0.3 is 20.8 Å². The van der Waals surface area contributed by atoms with E-state index in [0.717, 1.165) is 19.3 Å². The summed E-state index contributed by atoms with van der Waals surface area (Å²) in [6.45, 7) is 2.79. The molecule has 0 heterocycles. The number of benzene rings is 1. The fraction of sp³-hybridized carbons (Fsp3) is 0.667. The topological polar surface area (TPSA) is 64.5 Å². The summed E-state index contributed by atoms with van der Waals surface area (Å²) >= 11 is 5.30. The van der Waals surface area contributed by atoms with E-state index in [-0.39, 0.29) is 6.61 Å². The van der Waals surface area contributed by atoms with Crippen molar-refractivity contribution in [3.05, 3.63) is 48.0 Å². The Morgan fingerprint density at radius 2 is 1.53 bits per heavy atom. The van der Waals surface area contributed by atoms with Crippen molar-refractivity contribution in [3.63, 3.8) is 0 Å². The van der Waals surface area contributed by atoms with Gasteiger partial charge >= 0.3 is 0 Å². The Bertz CT molecular complexity index is 595. The molecular weight excluding hydrogens is 416 g/mol. The molecule has 2 atom stereocenters. The largest absolute Gasteiger partial charge is 0.394 e. The van der Waals surface area contributed by atoms with Gasteiger partial charge in [-0.2, -0.15) is 0 Å². The van der Waals surface area contributed by atoms with E-state index in [1.807, 2.05) is 24.3 Å². The molecule has 0 saturated heterocycles. The molecule has 0 spiro atoms. The number of unbranched alkanes of at least 4 members (excludes halogenated alkanes) is 11. The van der Waals surface area contributed by atoms with Gasteiger partial charge in [0.2, 0.25) is 0 Å². The summed E-state index contributed by atoms with van der Waals surface area (Å²) in [5, 5.41) is 26.6. The smallest absolute Gasteiger partial charge is 0.166 e. The number of nitrogens with one attached hydrogen (secondary N) is 2. The van der Waals surface area contributed by atoms with E-state index in [1.54, 1.807) is 6.08 Å². The first-order valence-electron chi connectivity index (χ1n) is 12.7. The fourth-order valence-corrected chi connectivity index (χ4v) is 3.97. The zero-order valence-electron chi connectivity index (χ0n) is 20.1. The highest BCUT2D eigenvalue weighted by Crippen LogP contribution is 2.12. The summed E-state index contributed by atoms with van der Waals surface area (Å²) in [6.07, 6.45) is 19.6. The molecule has 4 nitrogen and oxygen atoms in total. The number of aliphatic hydroxyl groups excluding tert-OH is 2. The van der Waals surface area contributed by atoms with Crippen LogP contribution < -0.4 is 10.6 Å². The lowest BCUT2D eigenvalue weighted by atomic mass is 10.0. The molecular formula is C27H46N2O2S. The molecule has 4 N–H and O–H groups in total. The van der Waals surface area contributed by atoms with Gasteiger partial charge in [-0.1, -0.05) is 114 Å². The molecule has 32 heavy (non-hydrogen) atoms. The van der Waals surface area contributed by atoms with Crippen molar-refractivity contribution < 1.29 is 10.2 Å². The second-order valence-corrected chi connectivity index (χ2v) is 9.08. The molecule has 0 amide bonds. The van der Waals surface area contributed by atoms with Gasteiger partial charge in [0.05, 0.1) is 18.8 Å². The maximum atomic E-state index is 10.3. The summed E-state index contributed by atoms with van der Waals surface area (Å²) in [4.78, 5) is 0. The van der Waals surface area contributed by atoms with E-state index < -0.39 is 12.1 Å². The summed E-state index contributed by atoms with van der Waals surface area (Å²) in [6, 6.07) is 9.71. The molecule has 0 aromatic heterocycles. The molecule has 0 bridgehead atoms. The maximum absolute atomic E-state index is 10.3. The van der Waals surface area contributed by atoms with E-state index in [2.05, 4.69) is 29.7 Å². The minimum absolute atomic E-state index is 0.176. The Morgan fingerprint density at radius 3 is 2.12 bits per heavy atom. The van der Waals surface area contributed by atoms with Crippen LogP contribution in [0.1, 0.15) is 89.5 Å². The highest BCUT2D eigenvalue weighted by Gasteiger charge is 2.16. The fourth-order valence-electron chi connectivity index (χ4n) is 3.72. The number of hydrogen-bond donors (Lipinski definition) is 4. The van der Waals surface area contributed by atoms with Crippen LogP contribution in [0.4, 0.5) is 0 Å². The first-order valence-corrected chi connectivity index (χ1v) is 13.1. The van der Waals surface area contributed by atoms with Crippen molar-refractivity contribution >= 4 is 17.3 Å². The van der Waals surface area contributed by atoms with Crippen LogP contribution in [0, 0.1) is 0 Å². The molecule has 0 aliphatic carbocycles. The number of aliphatic hydroxyl groups is 2. The minimum Gasteiger partial charge on any atom is -0.394 e. The molecule has 0 radical (unpaired) electrons. The van der Waals surface area contributed by atoms with Crippen LogP contribution in [0.15, 0.2) is 42.5 Å². The number of allylic oxidation sites excluding steroid dienone is 1. The Kier molecular flexibility index (Phi) is 18.1. The number of rotatable bonds is 19. The summed E-state index contributed by atoms with van der Waals surface area (Å²) < 4.78 is 0. The predicted octanol–water partition coefficient (Wildman–Crippen LogP) is 5.67. The van der Waals surface area contributed by atoms with Gasteiger partial charge in [-0.05, 0) is 37.0 Å². The molecule has 0 saturated carbocycles. The quantitative estimate of drug-likeness (QED) is 0.121. The van der Waals surface area contributed by atoms with Crippen LogP contribution in [0.5, 0.6) is 0 Å². The highest BCUT2D eigenvalue weighted by atomic mass is 32.1. The van der Waals surface area contributed by atoms with E-state index >= 15 is 0 Å². The van der Waals surface area contributed by atoms with Crippen LogP contribution in [-0.2, 0) is 6.42 Å². The van der Waals surface area contributed by atoms with Gasteiger partial charge in [0.15, 0.2) is 5.11 Å². The van der Waals surface area contributed by atoms with Crippen LogP contribution in [-0.4, -0.2) is 40.6 Å². The molecule has 5 heteroatoms. The molecule has 0 fully saturated rings. The normalized spacial score (nSPS) is 13.2. The standard InChI is InChI=1S/C27H46N2O2S/c1-2-3-4-5-6-7-8-9-10-11-12-13-17-20-26(31)25(23-30)29-27(32)28-22-21-24-18-15-14-16-19-24/h14-20,25-26,30-31H,2-13,21-23H2,1H3,(H2,28,29,32). The average Bonchev–Trinajstić information content (AvgIpc) is 2.81. The van der Waals surface area contributed by atoms with Gasteiger partial charge in [0, 0.05) is 6.54 Å². The molecule has 2 unspecified atom stereocenters. The Morgan fingerprint density at radius 1 is 0.938 bits per heavy atom. The first kappa shape index (κ1) is 28.6. The summed E-state index contributed by atoms with van der Waals surface area (Å²) in [5.41, 5.74) is 1.24. The van der Waals surface area contributed by atoms with Gasteiger partial charge in [0.1, 0.15) is 0 Å². The maximum Gasteiger partial charge on any atom is 0.166 e. The zero-order valence-corrected chi connectivity index (χ0v) is 20.9. The second-order valence-electron chi connectivity index (χ2n) is 8.67. The van der Waals surface area contributed by atoms with E-state index in [1.165, 1.54) is 69.8 Å². The van der Waals surface area contributed by atoms with Crippen molar-refractivity contribution in [2.24, 2.45) is 0 Å². The van der Waals surface area contributed by atoms with Crippen LogP contribution in [0.2, 0.25) is 0 Å². The highest BCUT2D eigenvalue weighted by molar-refractivity contribution is 7.80. The average molecular weight is 463 g/mol. The molecule has 1 rings (SSSR count). The Balaban J connectivity index is 2.06. The lowest BCUT2D eigenvalue weighted by molar-refractivity contribution is 0.133. The van der Waals surface area contributed by atoms with Crippen molar-refractivity contribution in [2.75, 3.05) is 13.2 Å². The summed E-state index contributed by atoms with van der Waals surface area (Å²) in [5.74, 6) is 0. The number of thiocarbonyl (C=S) groups is 1. The SMILES string of the molecule is CCCCCCCCCCCCCC=CC(O)C(CO)NC(=S)NCCc1ccccc1. The third-order valence-electron chi connectivity index (χ3n) is 5.78. The third-order valence-corrected chi connectivity index (χ3v) is 6.04. The molecule has 0 aliphatic heterocycles. The van der Waals surface area contributed by atoms with E-state index in [9.17, 15) is 10.2 Å². The third kappa shape index (κ3) is 15.4. The van der Waals surface area contributed by atoms with Gasteiger partial charge in [-0.15, -0.1) is 0 Å². The van der Waals surface area contributed by atoms with Crippen LogP contribution in [0.3, 0.4) is 0 Å². The van der Waals surface area contributed by atoms with Crippen LogP contribution in [0.25, 0.3) is 0 Å². The summed E-state index contributed by atoms with van der Waals surface area (Å²) in [7, 11) is 0. The Labute approximate surface area is 201 Å². The minimum atomic E-state index is -0.762. The van der Waals surface area contributed by atoms with Gasteiger partial charge in [-0.25, -0.2) is 0 Å². The van der Waals surface area contributed by atoms with Gasteiger partial charge in [0.25, 0.3) is 0 Å². The van der Waals surface area contributed by atoms with Crippen molar-refractivity contribution in [2.45, 2.75) is 103 Å². The second kappa shape index (κ2) is 20.2. The molecule has 1 aromatic rings. The predicted molar refractivity (Wildman–Crippen MR) is 141 cm³/mol. The molecule has 182 valence electrons. The van der Waals surface area contributed by atoms with Gasteiger partial charge in [-0.3, -0.25) is 0 Å². The number of hydrogen-bond acceptors (Lipinski definition) is 3. The van der Waals surface area contributed by atoms with Crippen molar-refractivity contribution in [1.29, 1.82) is 0 Å². The van der Waals surface area contributed by atoms with Crippen molar-refractivity contribution in [1.82, 2.24) is 10.6 Å². The van der Waals surface area contributed by atoms with Crippen molar-refractivity contribution in [3.8, 4) is 0 Å². The lowest BCUT2D eigenvalue weighted by Gasteiger charge is -2.22. The Hall–Kier alpha value is -1.43. The van der Waals surface area contributed by atoms with E-state index in [4.69, 9.17) is 12.2 Å². The first-order chi connectivity index (χ1) is 15.7. The van der Waals surface area contributed by atoms with E-state index in [0.29, 0.717) is 11.7 Å². The lowest BCUT2D eigenvalue weighted by Crippen LogP contribution is -2.49. The molecule has 1 aromatic carbocycles. The monoisotopic (exact) mass is 462 g/mol.